The third-order valence-corrected chi connectivity index (χ3v) is 7.16. The van der Waals surface area contributed by atoms with E-state index in [1.54, 1.807) is 48.5 Å². The van der Waals surface area contributed by atoms with Crippen molar-refractivity contribution in [3.8, 4) is 0 Å². The molecule has 2 aliphatic rings. The Labute approximate surface area is 196 Å². The van der Waals surface area contributed by atoms with Crippen LogP contribution in [0.25, 0.3) is 0 Å². The quantitative estimate of drug-likeness (QED) is 0.577. The molecule has 3 aromatic rings. The number of nitrogens with zero attached hydrogens (tertiary/aromatic N) is 4. The molecule has 1 fully saturated rings. The van der Waals surface area contributed by atoms with Crippen molar-refractivity contribution < 1.29 is 13.2 Å². The van der Waals surface area contributed by atoms with Crippen LogP contribution in [0.2, 0.25) is 5.15 Å². The minimum Gasteiger partial charge on any atom is -0.353 e. The lowest BCUT2D eigenvalue weighted by Crippen LogP contribution is -2.49. The van der Waals surface area contributed by atoms with E-state index in [0.29, 0.717) is 48.1 Å². The number of fused-ring (bicyclic) bond motifs is 1. The number of rotatable bonds is 3. The van der Waals surface area contributed by atoms with Gasteiger partial charge < -0.3 is 15.1 Å². The molecule has 0 bridgehead atoms. The summed E-state index contributed by atoms with van der Waals surface area (Å²) >= 11 is 5.98. The number of piperazine rings is 1. The van der Waals surface area contributed by atoms with Crippen LogP contribution in [0.4, 0.5) is 11.5 Å². The second-order valence-corrected chi connectivity index (χ2v) is 9.67. The third kappa shape index (κ3) is 4.29. The number of pyridine rings is 1. The van der Waals surface area contributed by atoms with Crippen LogP contribution in [0.3, 0.4) is 0 Å². The molecule has 0 radical (unpaired) electrons. The van der Waals surface area contributed by atoms with Gasteiger partial charge >= 0.3 is 0 Å². The van der Waals surface area contributed by atoms with Crippen LogP contribution < -0.4 is 10.2 Å². The number of carbonyl (C=O) groups excluding carboxylic acids is 1. The second-order valence-electron chi connectivity index (χ2n) is 7.71. The summed E-state index contributed by atoms with van der Waals surface area (Å²) in [4.78, 5) is 21.4. The highest BCUT2D eigenvalue weighted by Crippen LogP contribution is 2.27. The maximum Gasteiger partial charge on any atom is 0.285 e. The molecule has 1 N–H and O–H groups in total. The summed E-state index contributed by atoms with van der Waals surface area (Å²) in [6.45, 7) is 2.51. The molecule has 0 aliphatic carbocycles. The Morgan fingerprint density at radius 3 is 2.36 bits per heavy atom. The Morgan fingerprint density at radius 1 is 0.909 bits per heavy atom. The van der Waals surface area contributed by atoms with Crippen molar-refractivity contribution in [3.63, 3.8) is 0 Å². The number of anilines is 2. The van der Waals surface area contributed by atoms with Crippen molar-refractivity contribution in [2.45, 2.75) is 4.90 Å². The fourth-order valence-corrected chi connectivity index (χ4v) is 5.26. The Kier molecular flexibility index (Phi) is 5.51. The summed E-state index contributed by atoms with van der Waals surface area (Å²) in [5, 5.41) is 3.50. The topological polar surface area (TPSA) is 95.0 Å². The van der Waals surface area contributed by atoms with Gasteiger partial charge in [0.2, 0.25) is 0 Å². The molecule has 2 aliphatic heterocycles. The Hall–Kier alpha value is -3.43. The van der Waals surface area contributed by atoms with Gasteiger partial charge in [0.1, 0.15) is 15.9 Å². The molecule has 3 heterocycles. The van der Waals surface area contributed by atoms with E-state index in [1.807, 2.05) is 17.0 Å². The molecule has 0 saturated carbocycles. The molecule has 2 aromatic carbocycles. The highest BCUT2D eigenvalue weighted by atomic mass is 35.5. The molecule has 1 aromatic heterocycles. The zero-order valence-electron chi connectivity index (χ0n) is 17.5. The Balaban J connectivity index is 1.24. The average molecular weight is 482 g/mol. The molecule has 168 valence electrons. The number of hydrogen-bond donors (Lipinski definition) is 1. The van der Waals surface area contributed by atoms with Crippen LogP contribution in [-0.4, -0.2) is 56.2 Å². The number of hydrogen-bond acceptors (Lipinski definition) is 6. The lowest BCUT2D eigenvalue weighted by atomic mass is 10.1. The number of halogens is 1. The third-order valence-electron chi connectivity index (χ3n) is 5.62. The van der Waals surface area contributed by atoms with Gasteiger partial charge in [-0.3, -0.25) is 4.79 Å². The minimum atomic E-state index is -3.69. The first kappa shape index (κ1) is 21.4. The van der Waals surface area contributed by atoms with Gasteiger partial charge in [-0.2, -0.15) is 8.42 Å². The van der Waals surface area contributed by atoms with Crippen LogP contribution >= 0.6 is 11.6 Å². The molecule has 10 heteroatoms. The first-order valence-corrected chi connectivity index (χ1v) is 12.2. The van der Waals surface area contributed by atoms with Gasteiger partial charge in [-0.25, -0.2) is 4.98 Å². The summed E-state index contributed by atoms with van der Waals surface area (Å²) in [7, 11) is -3.69. The number of benzene rings is 2. The molecule has 0 spiro atoms. The first-order chi connectivity index (χ1) is 15.9. The van der Waals surface area contributed by atoms with Gasteiger partial charge in [0, 0.05) is 43.0 Å². The molecule has 33 heavy (non-hydrogen) atoms. The van der Waals surface area contributed by atoms with Gasteiger partial charge in [0.15, 0.2) is 5.84 Å². The summed E-state index contributed by atoms with van der Waals surface area (Å²) < 4.78 is 28.3. The van der Waals surface area contributed by atoms with Gasteiger partial charge in [0.25, 0.3) is 15.9 Å². The monoisotopic (exact) mass is 481 g/mol. The smallest absolute Gasteiger partial charge is 0.285 e. The maximum atomic E-state index is 12.9. The van der Waals surface area contributed by atoms with Gasteiger partial charge in [-0.05, 0) is 48.5 Å². The average Bonchev–Trinajstić information content (AvgIpc) is 3.09. The number of amides is 1. The zero-order valence-corrected chi connectivity index (χ0v) is 19.1. The lowest BCUT2D eigenvalue weighted by Gasteiger charge is -2.35. The van der Waals surface area contributed by atoms with E-state index in [9.17, 15) is 13.2 Å². The van der Waals surface area contributed by atoms with E-state index < -0.39 is 10.0 Å². The Bertz CT molecular complexity index is 1350. The van der Waals surface area contributed by atoms with Crippen molar-refractivity contribution in [1.82, 2.24) is 9.88 Å². The van der Waals surface area contributed by atoms with Crippen LogP contribution in [0.1, 0.15) is 15.9 Å². The summed E-state index contributed by atoms with van der Waals surface area (Å²) in [6, 6.07) is 19.1. The molecule has 1 saturated heterocycles. The number of aromatic nitrogens is 1. The van der Waals surface area contributed by atoms with Crippen molar-refractivity contribution in [2.24, 2.45) is 4.40 Å². The van der Waals surface area contributed by atoms with Crippen LogP contribution in [0.15, 0.2) is 76.0 Å². The normalized spacial score (nSPS) is 16.8. The van der Waals surface area contributed by atoms with E-state index in [0.717, 1.165) is 5.82 Å². The molecule has 0 atom stereocenters. The SMILES string of the molecule is O=C(c1ccc(NC2=NS(=O)(=O)c3ccccc32)cc1)N1CCN(c2cccc(Cl)n2)CC1. The van der Waals surface area contributed by atoms with Crippen molar-refractivity contribution >= 4 is 44.9 Å². The van der Waals surface area contributed by atoms with Crippen LogP contribution in [0.5, 0.6) is 0 Å². The molecule has 8 nitrogen and oxygen atoms in total. The standard InChI is InChI=1S/C23H20ClN5O3S/c24-20-6-3-7-21(26-20)28-12-14-29(15-13-28)23(30)16-8-10-17(11-9-16)25-22-18-4-1-2-5-19(18)33(31,32)27-22/h1-11H,12-15H2,(H,25,27). The van der Waals surface area contributed by atoms with E-state index in [-0.39, 0.29) is 16.6 Å². The molecular formula is C23H20ClN5O3S. The highest BCUT2D eigenvalue weighted by molar-refractivity contribution is 7.90. The summed E-state index contributed by atoms with van der Waals surface area (Å²) in [5.74, 6) is 1.03. The van der Waals surface area contributed by atoms with E-state index in [1.165, 1.54) is 6.07 Å². The van der Waals surface area contributed by atoms with Gasteiger partial charge in [0.05, 0.1) is 0 Å². The van der Waals surface area contributed by atoms with Crippen molar-refractivity contribution in [2.75, 3.05) is 36.4 Å². The second kappa shape index (κ2) is 8.49. The van der Waals surface area contributed by atoms with Gasteiger partial charge in [-0.1, -0.05) is 29.8 Å². The number of sulfonamides is 1. The zero-order chi connectivity index (χ0) is 23.0. The largest absolute Gasteiger partial charge is 0.353 e. The maximum absolute atomic E-state index is 12.9. The highest BCUT2D eigenvalue weighted by Gasteiger charge is 2.28. The Morgan fingerprint density at radius 2 is 1.64 bits per heavy atom. The minimum absolute atomic E-state index is 0.0496. The van der Waals surface area contributed by atoms with Crippen LogP contribution in [-0.2, 0) is 10.0 Å². The van der Waals surface area contributed by atoms with Gasteiger partial charge in [-0.15, -0.1) is 4.40 Å². The van der Waals surface area contributed by atoms with E-state index >= 15 is 0 Å². The lowest BCUT2D eigenvalue weighted by molar-refractivity contribution is 0.0746. The molecular weight excluding hydrogens is 462 g/mol. The predicted molar refractivity (Wildman–Crippen MR) is 128 cm³/mol. The molecule has 1 amide bonds. The predicted octanol–water partition coefficient (Wildman–Crippen LogP) is 3.26. The fraction of sp³-hybridized carbons (Fsp3) is 0.174. The molecule has 0 unspecified atom stereocenters. The summed E-state index contributed by atoms with van der Waals surface area (Å²) in [5.41, 5.74) is 1.75. The van der Waals surface area contributed by atoms with E-state index in [4.69, 9.17) is 11.6 Å². The number of carbonyl (C=O) groups is 1. The van der Waals surface area contributed by atoms with Crippen LogP contribution in [0, 0.1) is 0 Å². The number of nitrogens with one attached hydrogen (secondary N) is 1. The van der Waals surface area contributed by atoms with Crippen molar-refractivity contribution in [1.29, 1.82) is 0 Å². The molecule has 5 rings (SSSR count). The van der Waals surface area contributed by atoms with E-state index in [2.05, 4.69) is 19.6 Å². The first-order valence-electron chi connectivity index (χ1n) is 10.4. The number of amidine groups is 1. The van der Waals surface area contributed by atoms with Crippen molar-refractivity contribution in [3.05, 3.63) is 83.0 Å². The summed E-state index contributed by atoms with van der Waals surface area (Å²) in [6.07, 6.45) is 0. The fourth-order valence-electron chi connectivity index (χ4n) is 3.92.